The first-order valence-corrected chi connectivity index (χ1v) is 12.5. The number of aryl methyl sites for hydroxylation is 1. The average molecular weight is 555 g/mol. The Bertz CT molecular complexity index is 1260. The van der Waals surface area contributed by atoms with Gasteiger partial charge in [-0.05, 0) is 38.1 Å². The predicted molar refractivity (Wildman–Crippen MR) is 135 cm³/mol. The van der Waals surface area contributed by atoms with Crippen LogP contribution in [-0.2, 0) is 0 Å². The zero-order valence-electron chi connectivity index (χ0n) is 20.7. The van der Waals surface area contributed by atoms with Gasteiger partial charge in [-0.2, -0.15) is 13.2 Å². The van der Waals surface area contributed by atoms with Crippen molar-refractivity contribution in [1.29, 1.82) is 0 Å². The van der Waals surface area contributed by atoms with Gasteiger partial charge in [0.2, 0.25) is 0 Å². The van der Waals surface area contributed by atoms with E-state index in [1.807, 2.05) is 4.90 Å². The number of alkyl halides is 3. The second kappa shape index (κ2) is 12.0. The van der Waals surface area contributed by atoms with Gasteiger partial charge >= 0.3 is 6.18 Å². The monoisotopic (exact) mass is 554 g/mol. The number of benzene rings is 2. The fraction of sp³-hybridized carbons (Fsp3) is 0.385. The summed E-state index contributed by atoms with van der Waals surface area (Å²) >= 11 is 6.27. The molecule has 1 fully saturated rings. The Morgan fingerprint density at radius 2 is 1.89 bits per heavy atom. The number of carbonyl (C=O) groups excluding carboxylic acids is 1. The molecule has 0 saturated carbocycles. The van der Waals surface area contributed by atoms with Gasteiger partial charge in [0.1, 0.15) is 28.6 Å². The van der Waals surface area contributed by atoms with Crippen molar-refractivity contribution in [3.8, 4) is 17.0 Å². The molecule has 1 aliphatic heterocycles. The Labute approximate surface area is 222 Å². The van der Waals surface area contributed by atoms with E-state index in [0.29, 0.717) is 72.4 Å². The summed E-state index contributed by atoms with van der Waals surface area (Å²) in [6, 6.07) is 10.7. The van der Waals surface area contributed by atoms with Gasteiger partial charge in [0.15, 0.2) is 6.61 Å². The summed E-state index contributed by atoms with van der Waals surface area (Å²) < 4.78 is 61.6. The van der Waals surface area contributed by atoms with Crippen LogP contribution in [0, 0.1) is 12.7 Å². The average Bonchev–Trinajstić information content (AvgIpc) is 3.27. The van der Waals surface area contributed by atoms with Gasteiger partial charge in [-0.25, -0.2) is 4.39 Å². The molecule has 1 N–H and O–H groups in total. The van der Waals surface area contributed by atoms with Crippen molar-refractivity contribution in [2.24, 2.45) is 0 Å². The Kier molecular flexibility index (Phi) is 8.78. The lowest BCUT2D eigenvalue weighted by Crippen LogP contribution is -2.47. The molecule has 12 heteroatoms. The molecule has 0 radical (unpaired) electrons. The third kappa shape index (κ3) is 6.96. The van der Waals surface area contributed by atoms with E-state index in [4.69, 9.17) is 20.9 Å². The van der Waals surface area contributed by atoms with E-state index in [2.05, 4.69) is 15.4 Å². The maximum absolute atomic E-state index is 13.6. The number of nitrogens with zero attached hydrogens (tertiary/aromatic N) is 3. The van der Waals surface area contributed by atoms with Crippen LogP contribution in [0.4, 0.5) is 23.2 Å². The summed E-state index contributed by atoms with van der Waals surface area (Å²) in [5, 5.41) is 7.39. The van der Waals surface area contributed by atoms with Crippen LogP contribution in [0.25, 0.3) is 11.3 Å². The summed E-state index contributed by atoms with van der Waals surface area (Å²) in [5.74, 6) is -0.690. The lowest BCUT2D eigenvalue weighted by Gasteiger charge is -2.36. The fourth-order valence-electron chi connectivity index (χ4n) is 4.31. The predicted octanol–water partition coefficient (Wildman–Crippen LogP) is 5.33. The van der Waals surface area contributed by atoms with Gasteiger partial charge in [0.25, 0.3) is 5.91 Å². The van der Waals surface area contributed by atoms with Crippen LogP contribution in [0.3, 0.4) is 0 Å². The van der Waals surface area contributed by atoms with Gasteiger partial charge in [-0.1, -0.05) is 35.0 Å². The molecule has 1 aliphatic rings. The standard InChI is InChI=1S/C26H27ClF4N4O3/c1-17-23(24(33-38-17)19-5-2-3-6-20(19)27)25(36)32-9-4-10-34-11-13-35(14-12-34)21-8-7-18(28)15-22(21)37-16-26(29,30)31/h2-3,5-8,15H,4,9-14,16H2,1H3,(H,32,36). The van der Waals surface area contributed by atoms with Gasteiger partial charge in [-0.15, -0.1) is 0 Å². The molecular formula is C26H27ClF4N4O3. The highest BCUT2D eigenvalue weighted by Gasteiger charge is 2.30. The topological polar surface area (TPSA) is 70.8 Å². The number of hydrogen-bond acceptors (Lipinski definition) is 6. The van der Waals surface area contributed by atoms with E-state index in [9.17, 15) is 22.4 Å². The molecule has 38 heavy (non-hydrogen) atoms. The number of piperazine rings is 1. The maximum Gasteiger partial charge on any atom is 0.422 e. The number of ether oxygens (including phenoxy) is 1. The van der Waals surface area contributed by atoms with Crippen molar-refractivity contribution in [1.82, 2.24) is 15.4 Å². The second-order valence-electron chi connectivity index (χ2n) is 8.90. The third-order valence-corrected chi connectivity index (χ3v) is 6.51. The summed E-state index contributed by atoms with van der Waals surface area (Å²) in [4.78, 5) is 17.0. The number of hydrogen-bond donors (Lipinski definition) is 1. The van der Waals surface area contributed by atoms with Gasteiger partial charge < -0.3 is 19.5 Å². The second-order valence-corrected chi connectivity index (χ2v) is 9.30. The number of nitrogens with one attached hydrogen (secondary N) is 1. The van der Waals surface area contributed by atoms with E-state index in [1.165, 1.54) is 12.1 Å². The zero-order chi connectivity index (χ0) is 27.3. The van der Waals surface area contributed by atoms with Crippen LogP contribution in [0.15, 0.2) is 47.0 Å². The first-order valence-electron chi connectivity index (χ1n) is 12.1. The van der Waals surface area contributed by atoms with E-state index in [0.717, 1.165) is 12.6 Å². The molecule has 0 atom stereocenters. The molecule has 2 aromatic carbocycles. The summed E-state index contributed by atoms with van der Waals surface area (Å²) in [5.41, 5.74) is 1.78. The van der Waals surface area contributed by atoms with Crippen molar-refractivity contribution in [2.45, 2.75) is 19.5 Å². The van der Waals surface area contributed by atoms with Crippen molar-refractivity contribution < 1.29 is 31.6 Å². The first kappa shape index (κ1) is 27.7. The van der Waals surface area contributed by atoms with Crippen LogP contribution >= 0.6 is 11.6 Å². The molecule has 4 rings (SSSR count). The van der Waals surface area contributed by atoms with Crippen molar-refractivity contribution in [2.75, 3.05) is 50.8 Å². The number of aromatic nitrogens is 1. The minimum absolute atomic E-state index is 0.126. The summed E-state index contributed by atoms with van der Waals surface area (Å²) in [7, 11) is 0. The molecule has 0 unspecified atom stereocenters. The molecule has 0 aliphatic carbocycles. The Morgan fingerprint density at radius 3 is 2.61 bits per heavy atom. The molecule has 1 aromatic heterocycles. The zero-order valence-corrected chi connectivity index (χ0v) is 21.4. The highest BCUT2D eigenvalue weighted by Crippen LogP contribution is 2.32. The fourth-order valence-corrected chi connectivity index (χ4v) is 4.53. The van der Waals surface area contributed by atoms with Crippen molar-refractivity contribution >= 4 is 23.2 Å². The van der Waals surface area contributed by atoms with Crippen molar-refractivity contribution in [3.63, 3.8) is 0 Å². The van der Waals surface area contributed by atoms with Gasteiger partial charge in [-0.3, -0.25) is 9.69 Å². The largest absolute Gasteiger partial charge is 0.482 e. The molecule has 204 valence electrons. The quantitative estimate of drug-likeness (QED) is 0.285. The molecule has 2 heterocycles. The Hall–Kier alpha value is -3.31. The van der Waals surface area contributed by atoms with Crippen LogP contribution in [0.1, 0.15) is 22.5 Å². The van der Waals surface area contributed by atoms with Crippen LogP contribution in [0.2, 0.25) is 5.02 Å². The Morgan fingerprint density at radius 1 is 1.16 bits per heavy atom. The SMILES string of the molecule is Cc1onc(-c2ccccc2Cl)c1C(=O)NCCCN1CCN(c2ccc(F)cc2OCC(F)(F)F)CC1. The molecule has 0 bridgehead atoms. The first-order chi connectivity index (χ1) is 18.1. The van der Waals surface area contributed by atoms with E-state index in [-0.39, 0.29) is 11.7 Å². The summed E-state index contributed by atoms with van der Waals surface area (Å²) in [6.45, 7) is 3.74. The van der Waals surface area contributed by atoms with Crippen LogP contribution in [0.5, 0.6) is 5.75 Å². The lowest BCUT2D eigenvalue weighted by atomic mass is 10.1. The normalized spacial score (nSPS) is 14.5. The van der Waals surface area contributed by atoms with E-state index >= 15 is 0 Å². The van der Waals surface area contributed by atoms with E-state index < -0.39 is 18.6 Å². The summed E-state index contributed by atoms with van der Waals surface area (Å²) in [6.07, 6.45) is -3.82. The highest BCUT2D eigenvalue weighted by molar-refractivity contribution is 6.33. The molecular weight excluding hydrogens is 528 g/mol. The molecule has 1 saturated heterocycles. The lowest BCUT2D eigenvalue weighted by molar-refractivity contribution is -0.153. The molecule has 3 aromatic rings. The third-order valence-electron chi connectivity index (χ3n) is 6.18. The molecule has 7 nitrogen and oxygen atoms in total. The van der Waals surface area contributed by atoms with Crippen LogP contribution in [-0.4, -0.2) is 68.0 Å². The van der Waals surface area contributed by atoms with Gasteiger partial charge in [0, 0.05) is 44.4 Å². The van der Waals surface area contributed by atoms with Crippen molar-refractivity contribution in [3.05, 3.63) is 64.6 Å². The number of rotatable bonds is 9. The maximum atomic E-state index is 13.6. The number of amides is 1. The van der Waals surface area contributed by atoms with E-state index in [1.54, 1.807) is 31.2 Å². The highest BCUT2D eigenvalue weighted by atomic mass is 35.5. The minimum atomic E-state index is -4.51. The molecule has 1 amide bonds. The minimum Gasteiger partial charge on any atom is -0.482 e. The number of halogens is 5. The number of carbonyl (C=O) groups is 1. The number of anilines is 1. The van der Waals surface area contributed by atoms with Gasteiger partial charge in [0.05, 0.1) is 10.7 Å². The smallest absolute Gasteiger partial charge is 0.422 e. The van der Waals surface area contributed by atoms with Crippen LogP contribution < -0.4 is 15.0 Å². The Balaban J connectivity index is 1.26. The molecule has 0 spiro atoms.